The number of halogens is 2. The van der Waals surface area contributed by atoms with Crippen molar-refractivity contribution in [2.45, 2.75) is 62.1 Å². The highest BCUT2D eigenvalue weighted by Crippen LogP contribution is 2.42. The van der Waals surface area contributed by atoms with Gasteiger partial charge in [0, 0.05) is 13.1 Å². The Morgan fingerprint density at radius 3 is 1.54 bits per heavy atom. The summed E-state index contributed by atoms with van der Waals surface area (Å²) in [5.74, 6) is 0.849. The summed E-state index contributed by atoms with van der Waals surface area (Å²) in [5, 5.41) is 25.6. The lowest BCUT2D eigenvalue weighted by Crippen LogP contribution is -2.31. The van der Waals surface area contributed by atoms with Crippen LogP contribution in [0.5, 0.6) is 0 Å². The molecule has 24 heteroatoms. The lowest BCUT2D eigenvalue weighted by atomic mass is 10.1. The summed E-state index contributed by atoms with van der Waals surface area (Å²) < 4.78 is 77.7. The van der Waals surface area contributed by atoms with Crippen molar-refractivity contribution in [3.8, 4) is 0 Å². The number of nitrogens with one attached hydrogen (secondary N) is 2. The van der Waals surface area contributed by atoms with Crippen LogP contribution in [-0.2, 0) is 27.7 Å². The molecule has 6 heterocycles. The molecule has 0 aliphatic carbocycles. The van der Waals surface area contributed by atoms with Crippen molar-refractivity contribution < 1.29 is 46.6 Å². The standard InChI is InChI=1S/C24H32F2N10O8P2S2/c25-13-17(43-45(39)47)11(5-37)41-23(13)35-9-33-15-19(29-7-31-21(15)35)27-3-1-2-4-28-20-16-22(32-8-30-20)36(10-34-16)24-14(26)18(44-46(40)48)12(6-38)42-24/h7-14,17-18,23-24,37-38,45-46H,1-6H2,(H,39,47)(H,40,48)(H,27,29,31)(H,28,30,32)/t11-,12-,13-,14-,17-,18-,23-,24?/m1/s1. The maximum absolute atomic E-state index is 15.2. The molecule has 4 N–H and O–H groups in total. The summed E-state index contributed by atoms with van der Waals surface area (Å²) in [6.07, 6.45) is -3.92. The minimum atomic E-state index is -2.79. The monoisotopic (exact) mass is 752 g/mol. The minimum absolute atomic E-state index is 0.291. The van der Waals surface area contributed by atoms with Crippen molar-refractivity contribution in [3.63, 3.8) is 0 Å². The summed E-state index contributed by atoms with van der Waals surface area (Å²) in [7, 11) is -5.57. The van der Waals surface area contributed by atoms with Crippen molar-refractivity contribution >= 4 is 72.9 Å². The number of imidazole rings is 2. The molecule has 4 aromatic rings. The van der Waals surface area contributed by atoms with E-state index in [1.54, 1.807) is 0 Å². The molecule has 2 aliphatic heterocycles. The fourth-order valence-corrected chi connectivity index (χ4v) is 7.40. The summed E-state index contributed by atoms with van der Waals surface area (Å²) >= 11 is 7.43. The Morgan fingerprint density at radius 1 is 0.750 bits per heavy atom. The van der Waals surface area contributed by atoms with Crippen LogP contribution < -0.4 is 10.6 Å². The molecule has 48 heavy (non-hydrogen) atoms. The smallest absolute Gasteiger partial charge is 0.243 e. The topological polar surface area (TPSA) is 223 Å². The Kier molecular flexibility index (Phi) is 11.5. The number of thiol groups is 2. The lowest BCUT2D eigenvalue weighted by molar-refractivity contribution is -0.0427. The quantitative estimate of drug-likeness (QED) is 0.0582. The maximum Gasteiger partial charge on any atom is 0.243 e. The number of unbranched alkanes of at least 4 members (excludes halogenated alkanes) is 1. The van der Waals surface area contributed by atoms with E-state index >= 15 is 8.78 Å². The van der Waals surface area contributed by atoms with Gasteiger partial charge in [0.15, 0.2) is 58.8 Å². The van der Waals surface area contributed by atoms with E-state index in [9.17, 15) is 19.3 Å². The number of rotatable bonds is 15. The van der Waals surface area contributed by atoms with Crippen molar-refractivity contribution in [3.05, 3.63) is 25.3 Å². The summed E-state index contributed by atoms with van der Waals surface area (Å²) in [5.41, 5.74) is 1.34. The molecule has 6 rings (SSSR count). The van der Waals surface area contributed by atoms with Crippen LogP contribution in [0.4, 0.5) is 20.4 Å². The second kappa shape index (κ2) is 15.6. The zero-order valence-electron chi connectivity index (χ0n) is 24.7. The van der Waals surface area contributed by atoms with E-state index in [1.165, 1.54) is 34.4 Å². The Balaban J connectivity index is 1.04. The highest BCUT2D eigenvalue weighted by molar-refractivity contribution is 8.39. The molecule has 0 amide bonds. The van der Waals surface area contributed by atoms with Crippen LogP contribution >= 0.6 is 39.0 Å². The molecular weight excluding hydrogens is 720 g/mol. The van der Waals surface area contributed by atoms with Gasteiger partial charge >= 0.3 is 0 Å². The van der Waals surface area contributed by atoms with Gasteiger partial charge in [-0.3, -0.25) is 18.3 Å². The number of aliphatic hydroxyl groups excluding tert-OH is 2. The van der Waals surface area contributed by atoms with Gasteiger partial charge in [0.05, 0.1) is 25.9 Å². The van der Waals surface area contributed by atoms with Crippen LogP contribution in [0.25, 0.3) is 22.3 Å². The zero-order chi connectivity index (χ0) is 33.9. The predicted octanol–water partition coefficient (Wildman–Crippen LogP) is 2.14. The average molecular weight is 753 g/mol. The van der Waals surface area contributed by atoms with Gasteiger partial charge in [-0.2, -0.15) is 0 Å². The maximum atomic E-state index is 15.2. The summed E-state index contributed by atoms with van der Waals surface area (Å²) in [6.45, 7) is -0.0789. The molecule has 2 fully saturated rings. The van der Waals surface area contributed by atoms with Crippen LogP contribution in [0.2, 0.25) is 0 Å². The molecule has 3 unspecified atom stereocenters. The number of anilines is 2. The van der Waals surface area contributed by atoms with E-state index in [1.807, 2.05) is 0 Å². The number of hydrogen-bond donors (Lipinski definition) is 6. The van der Waals surface area contributed by atoms with Gasteiger partial charge in [-0.05, 0) is 12.8 Å². The molecule has 0 aromatic carbocycles. The fourth-order valence-electron chi connectivity index (χ4n) is 5.64. The third-order valence-electron chi connectivity index (χ3n) is 7.82. The first-order valence-electron chi connectivity index (χ1n) is 14.6. The van der Waals surface area contributed by atoms with E-state index in [-0.39, 0.29) is 0 Å². The van der Waals surface area contributed by atoms with Gasteiger partial charge in [0.2, 0.25) is 14.5 Å². The minimum Gasteiger partial charge on any atom is -0.394 e. The molecule has 2 aliphatic rings. The SMILES string of the molecule is O=[PH](S)O[C@@H]1[C@@H](CO)OC(n2cnc3c(NCCCCNc4ncnc5c4ncn5[C@@H]4O[C@H](CO)[C@@H](O[PH](=O)S)[C@H]4F)ncnc32)[C@@H]1F. The number of ether oxygens (including phenoxy) is 2. The first-order chi connectivity index (χ1) is 23.2. The molecule has 0 spiro atoms. The highest BCUT2D eigenvalue weighted by atomic mass is 32.7. The largest absolute Gasteiger partial charge is 0.394 e. The molecule has 0 radical (unpaired) electrons. The van der Waals surface area contributed by atoms with Gasteiger partial charge in [-0.15, -0.1) is 0 Å². The second-order valence-electron chi connectivity index (χ2n) is 10.7. The van der Waals surface area contributed by atoms with Crippen LogP contribution in [0.1, 0.15) is 25.3 Å². The van der Waals surface area contributed by atoms with Crippen molar-refractivity contribution in [2.75, 3.05) is 36.9 Å². The Labute approximate surface area is 282 Å². The van der Waals surface area contributed by atoms with Gasteiger partial charge in [-0.25, -0.2) is 38.7 Å². The second-order valence-corrected chi connectivity index (χ2v) is 14.5. The predicted molar refractivity (Wildman–Crippen MR) is 174 cm³/mol. The number of nitrogens with zero attached hydrogens (tertiary/aromatic N) is 8. The number of aliphatic hydroxyl groups is 2. The van der Waals surface area contributed by atoms with Crippen LogP contribution in [0.3, 0.4) is 0 Å². The number of aromatic nitrogens is 8. The highest BCUT2D eigenvalue weighted by Gasteiger charge is 2.49. The van der Waals surface area contributed by atoms with Crippen LogP contribution in [-0.4, -0.2) is 112 Å². The van der Waals surface area contributed by atoms with Gasteiger partial charge in [0.25, 0.3) is 0 Å². The molecule has 0 bridgehead atoms. The Bertz CT molecular complexity index is 1650. The number of fused-ring (bicyclic) bond motifs is 2. The van der Waals surface area contributed by atoms with Gasteiger partial charge in [0.1, 0.15) is 37.1 Å². The van der Waals surface area contributed by atoms with E-state index < -0.39 is 76.9 Å². The normalized spacial score (nSPS) is 28.7. The lowest BCUT2D eigenvalue weighted by Gasteiger charge is -2.16. The molecule has 18 nitrogen and oxygen atoms in total. The third kappa shape index (κ3) is 7.19. The summed E-state index contributed by atoms with van der Waals surface area (Å²) in [6, 6.07) is 0. The Morgan fingerprint density at radius 2 is 1.17 bits per heavy atom. The third-order valence-corrected chi connectivity index (χ3v) is 9.40. The molecule has 4 aromatic heterocycles. The van der Waals surface area contributed by atoms with Crippen molar-refractivity contribution in [1.29, 1.82) is 0 Å². The summed E-state index contributed by atoms with van der Waals surface area (Å²) in [4.78, 5) is 25.6. The van der Waals surface area contributed by atoms with Crippen LogP contribution in [0, 0.1) is 0 Å². The first kappa shape index (κ1) is 35.3. The molecule has 262 valence electrons. The molecule has 10 atom stereocenters. The van der Waals surface area contributed by atoms with Crippen molar-refractivity contribution in [2.24, 2.45) is 0 Å². The van der Waals surface area contributed by atoms with E-state index in [2.05, 4.69) is 65.0 Å². The molecule has 2 saturated heterocycles. The fraction of sp³-hybridized carbons (Fsp3) is 0.583. The molecule has 0 saturated carbocycles. The Hall–Kier alpha value is -2.52. The van der Waals surface area contributed by atoms with Crippen LogP contribution in [0.15, 0.2) is 25.3 Å². The van der Waals surface area contributed by atoms with Gasteiger partial charge in [-0.1, -0.05) is 24.5 Å². The van der Waals surface area contributed by atoms with E-state index in [0.29, 0.717) is 59.9 Å². The number of alkyl halides is 2. The first-order valence-corrected chi connectivity index (χ1v) is 19.9. The average Bonchev–Trinajstić information content (AvgIpc) is 3.83. The zero-order valence-corrected chi connectivity index (χ0v) is 28.5. The van der Waals surface area contributed by atoms with Gasteiger partial charge < -0.3 is 39.4 Å². The number of hydrogen-bond acceptors (Lipinski definition) is 16. The molecular formula is C24H32F2N10O8P2S2. The van der Waals surface area contributed by atoms with E-state index in [0.717, 1.165) is 0 Å². The van der Waals surface area contributed by atoms with Crippen molar-refractivity contribution in [1.82, 2.24) is 39.0 Å². The van der Waals surface area contributed by atoms with E-state index in [4.69, 9.17) is 18.5 Å².